The van der Waals surface area contributed by atoms with Gasteiger partial charge in [0.05, 0.1) is 28.1 Å². The van der Waals surface area contributed by atoms with Crippen LogP contribution in [-0.2, 0) is 4.79 Å². The van der Waals surface area contributed by atoms with Crippen LogP contribution in [0.5, 0.6) is 0 Å². The van der Waals surface area contributed by atoms with Gasteiger partial charge in [0, 0.05) is 6.04 Å². The van der Waals surface area contributed by atoms with Crippen LogP contribution in [0.25, 0.3) is 10.2 Å². The molecular weight excluding hydrogens is 248 g/mol. The van der Waals surface area contributed by atoms with Crippen LogP contribution in [0, 0.1) is 0 Å². The number of nitrogens with zero attached hydrogens (tertiary/aromatic N) is 2. The number of carbonyl (C=O) groups is 1. The summed E-state index contributed by atoms with van der Waals surface area (Å²) in [6, 6.07) is 4.02. The topological polar surface area (TPSA) is 85.2 Å². The fourth-order valence-electron chi connectivity index (χ4n) is 1.91. The van der Waals surface area contributed by atoms with Gasteiger partial charge in [0.15, 0.2) is 0 Å². The van der Waals surface area contributed by atoms with Crippen molar-refractivity contribution in [2.24, 2.45) is 5.73 Å². The molecule has 0 aliphatic rings. The van der Waals surface area contributed by atoms with Crippen molar-refractivity contribution in [1.82, 2.24) is 4.98 Å². The fraction of sp³-hybridized carbons (Fsp3) is 0.333. The molecule has 0 bridgehead atoms. The largest absolute Gasteiger partial charge is 0.395 e. The summed E-state index contributed by atoms with van der Waals surface area (Å²) in [5.74, 6) is -0.374. The zero-order chi connectivity index (χ0) is 13.3. The minimum atomic E-state index is -0.374. The Morgan fingerprint density at radius 2 is 2.22 bits per heavy atom. The van der Waals surface area contributed by atoms with Gasteiger partial charge in [-0.05, 0) is 26.0 Å². The van der Waals surface area contributed by atoms with Gasteiger partial charge in [0.1, 0.15) is 5.52 Å². The minimum absolute atomic E-state index is 0.135. The molecule has 0 atom stereocenters. The maximum atomic E-state index is 11.1. The summed E-state index contributed by atoms with van der Waals surface area (Å²) in [4.78, 5) is 17.3. The van der Waals surface area contributed by atoms with Crippen LogP contribution < -0.4 is 16.4 Å². The second kappa shape index (κ2) is 4.81. The highest BCUT2D eigenvalue weighted by Crippen LogP contribution is 2.33. The standard InChI is InChI=1S/C12H16N4OS/c1-7(2)16(5-10(13)17)8-3-4-9-12(11(8)14)15-6-18-9/h3-4,6-7H,5,14H2,1-2H3,(H2,13,17). The Balaban J connectivity index is 2.49. The molecule has 0 aliphatic carbocycles. The predicted octanol–water partition coefficient (Wildman–Crippen LogP) is 1.58. The van der Waals surface area contributed by atoms with E-state index in [0.717, 1.165) is 15.9 Å². The van der Waals surface area contributed by atoms with Crippen LogP contribution in [0.15, 0.2) is 17.6 Å². The molecule has 6 heteroatoms. The first kappa shape index (κ1) is 12.6. The summed E-state index contributed by atoms with van der Waals surface area (Å²) in [5, 5.41) is 0. The summed E-state index contributed by atoms with van der Waals surface area (Å²) < 4.78 is 1.04. The van der Waals surface area contributed by atoms with Crippen molar-refractivity contribution < 1.29 is 4.79 Å². The van der Waals surface area contributed by atoms with E-state index in [1.54, 1.807) is 16.8 Å². The zero-order valence-corrected chi connectivity index (χ0v) is 11.2. The van der Waals surface area contributed by atoms with Crippen molar-refractivity contribution in [3.8, 4) is 0 Å². The number of benzene rings is 1. The maximum absolute atomic E-state index is 11.1. The van der Waals surface area contributed by atoms with Gasteiger partial charge in [-0.1, -0.05) is 0 Å². The molecule has 0 unspecified atom stereocenters. The van der Waals surface area contributed by atoms with Crippen molar-refractivity contribution >= 4 is 38.8 Å². The third-order valence-electron chi connectivity index (χ3n) is 2.78. The normalized spacial score (nSPS) is 11.1. The first-order valence-corrected chi connectivity index (χ1v) is 6.55. The number of hydrogen-bond acceptors (Lipinski definition) is 5. The summed E-state index contributed by atoms with van der Waals surface area (Å²) in [6.07, 6.45) is 0. The van der Waals surface area contributed by atoms with Crippen molar-refractivity contribution in [3.05, 3.63) is 17.6 Å². The van der Waals surface area contributed by atoms with Gasteiger partial charge in [-0.25, -0.2) is 4.98 Å². The zero-order valence-electron chi connectivity index (χ0n) is 10.4. The second-order valence-corrected chi connectivity index (χ2v) is 5.27. The molecule has 5 nitrogen and oxygen atoms in total. The quantitative estimate of drug-likeness (QED) is 0.821. The number of rotatable bonds is 4. The second-order valence-electron chi connectivity index (χ2n) is 4.39. The number of hydrogen-bond donors (Lipinski definition) is 2. The number of aromatic nitrogens is 1. The lowest BCUT2D eigenvalue weighted by Gasteiger charge is -2.28. The van der Waals surface area contributed by atoms with E-state index in [1.165, 1.54) is 0 Å². The van der Waals surface area contributed by atoms with Crippen LogP contribution >= 0.6 is 11.3 Å². The van der Waals surface area contributed by atoms with E-state index in [2.05, 4.69) is 4.98 Å². The molecule has 18 heavy (non-hydrogen) atoms. The molecule has 96 valence electrons. The Hall–Kier alpha value is -1.82. The van der Waals surface area contributed by atoms with Gasteiger partial charge in [-0.3, -0.25) is 4.79 Å². The number of fused-ring (bicyclic) bond motifs is 1. The lowest BCUT2D eigenvalue weighted by Crippen LogP contribution is -2.39. The molecule has 0 aliphatic heterocycles. The highest BCUT2D eigenvalue weighted by atomic mass is 32.1. The van der Waals surface area contributed by atoms with Crippen molar-refractivity contribution in [1.29, 1.82) is 0 Å². The first-order valence-electron chi connectivity index (χ1n) is 5.67. The summed E-state index contributed by atoms with van der Waals surface area (Å²) in [6.45, 7) is 4.14. The van der Waals surface area contributed by atoms with Crippen molar-refractivity contribution in [2.75, 3.05) is 17.2 Å². The Labute approximate surface area is 109 Å². The van der Waals surface area contributed by atoms with Crippen LogP contribution in [0.2, 0.25) is 0 Å². The number of amides is 1. The Morgan fingerprint density at radius 1 is 1.50 bits per heavy atom. The van der Waals surface area contributed by atoms with E-state index in [1.807, 2.05) is 30.9 Å². The molecule has 0 fully saturated rings. The third-order valence-corrected chi connectivity index (χ3v) is 3.57. The SMILES string of the molecule is CC(C)N(CC(N)=O)c1ccc2scnc2c1N. The Kier molecular flexibility index (Phi) is 3.38. The Morgan fingerprint density at radius 3 is 2.83 bits per heavy atom. The average Bonchev–Trinajstić information content (AvgIpc) is 2.75. The van der Waals surface area contributed by atoms with Gasteiger partial charge < -0.3 is 16.4 Å². The van der Waals surface area contributed by atoms with Crippen molar-refractivity contribution in [2.45, 2.75) is 19.9 Å². The molecule has 2 aromatic rings. The number of carbonyl (C=O) groups excluding carboxylic acids is 1. The van der Waals surface area contributed by atoms with Gasteiger partial charge in [-0.15, -0.1) is 11.3 Å². The van der Waals surface area contributed by atoms with Crippen LogP contribution in [0.4, 0.5) is 11.4 Å². The lowest BCUT2D eigenvalue weighted by atomic mass is 10.2. The molecule has 0 radical (unpaired) electrons. The molecule has 1 aromatic carbocycles. The number of anilines is 2. The summed E-state index contributed by atoms with van der Waals surface area (Å²) in [7, 11) is 0. The van der Waals surface area contributed by atoms with Crippen molar-refractivity contribution in [3.63, 3.8) is 0 Å². The summed E-state index contributed by atoms with van der Waals surface area (Å²) >= 11 is 1.54. The fourth-order valence-corrected chi connectivity index (χ4v) is 2.60. The molecule has 0 spiro atoms. The average molecular weight is 264 g/mol. The van der Waals surface area contributed by atoms with E-state index >= 15 is 0 Å². The van der Waals surface area contributed by atoms with E-state index in [-0.39, 0.29) is 18.5 Å². The molecule has 4 N–H and O–H groups in total. The highest BCUT2D eigenvalue weighted by Gasteiger charge is 2.17. The first-order chi connectivity index (χ1) is 8.50. The molecule has 0 saturated heterocycles. The molecule has 1 amide bonds. The van der Waals surface area contributed by atoms with E-state index in [0.29, 0.717) is 5.69 Å². The molecule has 0 saturated carbocycles. The highest BCUT2D eigenvalue weighted by molar-refractivity contribution is 7.16. The monoisotopic (exact) mass is 264 g/mol. The van der Waals surface area contributed by atoms with Gasteiger partial charge >= 0.3 is 0 Å². The molecule has 1 heterocycles. The molecular formula is C12H16N4OS. The Bertz CT molecular complexity index is 578. The number of nitrogens with two attached hydrogens (primary N) is 2. The third kappa shape index (κ3) is 2.24. The number of nitrogen functional groups attached to an aromatic ring is 1. The number of thiazole rings is 1. The predicted molar refractivity (Wildman–Crippen MR) is 75.7 cm³/mol. The van der Waals surface area contributed by atoms with Gasteiger partial charge in [0.25, 0.3) is 0 Å². The molecule has 1 aromatic heterocycles. The van der Waals surface area contributed by atoms with Crippen LogP contribution in [-0.4, -0.2) is 23.5 Å². The van der Waals surface area contributed by atoms with E-state index in [4.69, 9.17) is 11.5 Å². The van der Waals surface area contributed by atoms with Crippen LogP contribution in [0.1, 0.15) is 13.8 Å². The summed E-state index contributed by atoms with van der Waals surface area (Å²) in [5.41, 5.74) is 15.4. The minimum Gasteiger partial charge on any atom is -0.395 e. The maximum Gasteiger partial charge on any atom is 0.236 e. The van der Waals surface area contributed by atoms with E-state index < -0.39 is 0 Å². The molecule has 2 rings (SSSR count). The van der Waals surface area contributed by atoms with Crippen LogP contribution in [0.3, 0.4) is 0 Å². The van der Waals surface area contributed by atoms with Gasteiger partial charge in [-0.2, -0.15) is 0 Å². The smallest absolute Gasteiger partial charge is 0.236 e. The lowest BCUT2D eigenvalue weighted by molar-refractivity contribution is -0.116. The van der Waals surface area contributed by atoms with Gasteiger partial charge in [0.2, 0.25) is 5.91 Å². The van der Waals surface area contributed by atoms with E-state index in [9.17, 15) is 4.79 Å². The number of primary amides is 1.